The molecule has 0 saturated carbocycles. The van der Waals surface area contributed by atoms with E-state index in [-0.39, 0.29) is 23.0 Å². The lowest BCUT2D eigenvalue weighted by Gasteiger charge is -2.12. The van der Waals surface area contributed by atoms with Crippen LogP contribution >= 0.6 is 0 Å². The monoisotopic (exact) mass is 428 g/mol. The second kappa shape index (κ2) is 9.11. The summed E-state index contributed by atoms with van der Waals surface area (Å²) in [7, 11) is 4.49. The van der Waals surface area contributed by atoms with Crippen molar-refractivity contribution in [3.05, 3.63) is 58.0 Å². The number of hydrogen-bond donors (Lipinski definition) is 1. The fraction of sp³-hybridized carbons (Fsp3) is 0.250. The van der Waals surface area contributed by atoms with E-state index in [0.717, 1.165) is 0 Å². The standard InChI is InChI=1S/C20H20N4O7/c1-11(21-19(25)12-6-5-7-14(8-12)24(26)27)20-22-18(23-31-20)13-9-15(28-2)17(30-4)16(10-13)29-3/h5-11H,1-4H3,(H,21,25)/t11-/m0/s1. The molecule has 1 aromatic heterocycles. The van der Waals surface area contributed by atoms with Gasteiger partial charge in [0.2, 0.25) is 17.5 Å². The van der Waals surface area contributed by atoms with E-state index in [2.05, 4.69) is 15.5 Å². The molecule has 1 heterocycles. The summed E-state index contributed by atoms with van der Waals surface area (Å²) in [6, 6.07) is 8.11. The van der Waals surface area contributed by atoms with Crippen molar-refractivity contribution in [2.24, 2.45) is 0 Å². The van der Waals surface area contributed by atoms with Crippen molar-refractivity contribution < 1.29 is 28.5 Å². The zero-order valence-corrected chi connectivity index (χ0v) is 17.2. The van der Waals surface area contributed by atoms with Gasteiger partial charge in [0.05, 0.1) is 26.3 Å². The molecule has 0 radical (unpaired) electrons. The molecule has 0 aliphatic heterocycles. The topological polar surface area (TPSA) is 139 Å². The molecule has 0 unspecified atom stereocenters. The van der Waals surface area contributed by atoms with Gasteiger partial charge in [-0.05, 0) is 25.1 Å². The van der Waals surface area contributed by atoms with Crippen molar-refractivity contribution in [1.82, 2.24) is 15.5 Å². The van der Waals surface area contributed by atoms with Gasteiger partial charge in [-0.1, -0.05) is 11.2 Å². The van der Waals surface area contributed by atoms with E-state index in [0.29, 0.717) is 22.8 Å². The Bertz CT molecular complexity index is 1090. The number of amides is 1. The quantitative estimate of drug-likeness (QED) is 0.423. The Morgan fingerprint density at radius 1 is 1.13 bits per heavy atom. The van der Waals surface area contributed by atoms with Gasteiger partial charge in [0.15, 0.2) is 11.5 Å². The minimum Gasteiger partial charge on any atom is -0.493 e. The van der Waals surface area contributed by atoms with Gasteiger partial charge in [0.25, 0.3) is 11.6 Å². The van der Waals surface area contributed by atoms with E-state index in [1.807, 2.05) is 0 Å². The molecule has 162 valence electrons. The van der Waals surface area contributed by atoms with Gasteiger partial charge in [0.1, 0.15) is 6.04 Å². The lowest BCUT2D eigenvalue weighted by atomic mass is 10.1. The van der Waals surface area contributed by atoms with Gasteiger partial charge >= 0.3 is 0 Å². The van der Waals surface area contributed by atoms with E-state index >= 15 is 0 Å². The highest BCUT2D eigenvalue weighted by molar-refractivity contribution is 5.95. The van der Waals surface area contributed by atoms with Crippen LogP contribution in [-0.4, -0.2) is 42.3 Å². The second-order valence-electron chi connectivity index (χ2n) is 6.37. The normalized spacial score (nSPS) is 11.5. The molecule has 11 heteroatoms. The van der Waals surface area contributed by atoms with Crippen molar-refractivity contribution in [2.75, 3.05) is 21.3 Å². The van der Waals surface area contributed by atoms with E-state index in [1.54, 1.807) is 19.1 Å². The lowest BCUT2D eigenvalue weighted by Crippen LogP contribution is -2.26. The molecule has 1 atom stereocenters. The molecule has 1 amide bonds. The highest BCUT2D eigenvalue weighted by Crippen LogP contribution is 2.40. The fourth-order valence-corrected chi connectivity index (χ4v) is 2.84. The van der Waals surface area contributed by atoms with Crippen LogP contribution in [0.15, 0.2) is 40.9 Å². The number of nitrogens with zero attached hydrogens (tertiary/aromatic N) is 3. The smallest absolute Gasteiger partial charge is 0.270 e. The Hall–Kier alpha value is -4.15. The summed E-state index contributed by atoms with van der Waals surface area (Å²) in [6.07, 6.45) is 0. The Morgan fingerprint density at radius 2 is 1.81 bits per heavy atom. The Morgan fingerprint density at radius 3 is 2.39 bits per heavy atom. The largest absolute Gasteiger partial charge is 0.493 e. The van der Waals surface area contributed by atoms with Gasteiger partial charge in [-0.15, -0.1) is 0 Å². The predicted octanol–water partition coefficient (Wildman–Crippen LogP) is 3.16. The molecule has 3 rings (SSSR count). The zero-order valence-electron chi connectivity index (χ0n) is 17.2. The maximum Gasteiger partial charge on any atom is 0.270 e. The molecule has 0 bridgehead atoms. The Balaban J connectivity index is 1.81. The van der Waals surface area contributed by atoms with Gasteiger partial charge in [-0.25, -0.2) is 0 Å². The minimum absolute atomic E-state index is 0.144. The lowest BCUT2D eigenvalue weighted by molar-refractivity contribution is -0.384. The van der Waals surface area contributed by atoms with Crippen molar-refractivity contribution in [1.29, 1.82) is 0 Å². The second-order valence-corrected chi connectivity index (χ2v) is 6.37. The summed E-state index contributed by atoms with van der Waals surface area (Å²) in [6.45, 7) is 1.65. The van der Waals surface area contributed by atoms with Gasteiger partial charge in [-0.2, -0.15) is 4.98 Å². The number of nitro groups is 1. The van der Waals surface area contributed by atoms with Gasteiger partial charge < -0.3 is 24.1 Å². The molecular weight excluding hydrogens is 408 g/mol. The van der Waals surface area contributed by atoms with E-state index in [9.17, 15) is 14.9 Å². The summed E-state index contributed by atoms with van der Waals surface area (Å²) >= 11 is 0. The number of rotatable bonds is 8. The summed E-state index contributed by atoms with van der Waals surface area (Å²) in [5.41, 5.74) is 0.523. The molecule has 11 nitrogen and oxygen atoms in total. The SMILES string of the molecule is COc1cc(-c2noc([C@H](C)NC(=O)c3cccc([N+](=O)[O-])c3)n2)cc(OC)c1OC. The van der Waals surface area contributed by atoms with Crippen LogP contribution < -0.4 is 19.5 Å². The average Bonchev–Trinajstić information content (AvgIpc) is 3.28. The molecular formula is C20H20N4O7. The van der Waals surface area contributed by atoms with Crippen LogP contribution in [-0.2, 0) is 0 Å². The van der Waals surface area contributed by atoms with Crippen LogP contribution in [0.25, 0.3) is 11.4 Å². The van der Waals surface area contributed by atoms with Crippen LogP contribution in [0.4, 0.5) is 5.69 Å². The first-order valence-electron chi connectivity index (χ1n) is 9.07. The summed E-state index contributed by atoms with van der Waals surface area (Å²) in [5, 5.41) is 17.5. The first-order chi connectivity index (χ1) is 14.9. The van der Waals surface area contributed by atoms with Crippen LogP contribution in [0.1, 0.15) is 29.2 Å². The molecule has 0 aliphatic carbocycles. The molecule has 0 saturated heterocycles. The van der Waals surface area contributed by atoms with Gasteiger partial charge in [0, 0.05) is 23.3 Å². The molecule has 2 aromatic carbocycles. The summed E-state index contributed by atoms with van der Waals surface area (Å²) < 4.78 is 21.2. The fourth-order valence-electron chi connectivity index (χ4n) is 2.84. The number of carbonyl (C=O) groups is 1. The first-order valence-corrected chi connectivity index (χ1v) is 9.07. The van der Waals surface area contributed by atoms with Crippen LogP contribution in [0.3, 0.4) is 0 Å². The first kappa shape index (κ1) is 21.6. The minimum atomic E-state index is -0.643. The maximum absolute atomic E-state index is 12.4. The van der Waals surface area contributed by atoms with E-state index in [4.69, 9.17) is 18.7 Å². The van der Waals surface area contributed by atoms with E-state index < -0.39 is 16.9 Å². The molecule has 0 aliphatic rings. The number of ether oxygens (including phenoxy) is 3. The number of nitrogens with one attached hydrogen (secondary N) is 1. The summed E-state index contributed by atoms with van der Waals surface area (Å²) in [4.78, 5) is 27.1. The molecule has 1 N–H and O–H groups in total. The Labute approximate surface area is 177 Å². The number of benzene rings is 2. The highest BCUT2D eigenvalue weighted by atomic mass is 16.6. The van der Waals surface area contributed by atoms with Crippen molar-refractivity contribution in [3.8, 4) is 28.6 Å². The van der Waals surface area contributed by atoms with Crippen molar-refractivity contribution in [2.45, 2.75) is 13.0 Å². The van der Waals surface area contributed by atoms with E-state index in [1.165, 1.54) is 45.6 Å². The highest BCUT2D eigenvalue weighted by Gasteiger charge is 2.21. The third kappa shape index (κ3) is 4.55. The molecule has 3 aromatic rings. The Kier molecular flexibility index (Phi) is 6.34. The summed E-state index contributed by atoms with van der Waals surface area (Å²) in [5.74, 6) is 1.18. The number of hydrogen-bond acceptors (Lipinski definition) is 9. The number of nitro benzene ring substituents is 1. The molecule has 0 spiro atoms. The number of non-ortho nitro benzene ring substituents is 1. The third-order valence-corrected chi connectivity index (χ3v) is 4.40. The number of methoxy groups -OCH3 is 3. The molecule has 31 heavy (non-hydrogen) atoms. The maximum atomic E-state index is 12.4. The van der Waals surface area contributed by atoms with Crippen molar-refractivity contribution in [3.63, 3.8) is 0 Å². The van der Waals surface area contributed by atoms with Crippen LogP contribution in [0.2, 0.25) is 0 Å². The van der Waals surface area contributed by atoms with Gasteiger partial charge in [-0.3, -0.25) is 14.9 Å². The predicted molar refractivity (Wildman–Crippen MR) is 108 cm³/mol. The van der Waals surface area contributed by atoms with Crippen LogP contribution in [0, 0.1) is 10.1 Å². The van der Waals surface area contributed by atoms with Crippen molar-refractivity contribution >= 4 is 11.6 Å². The zero-order chi connectivity index (χ0) is 22.5. The molecule has 0 fully saturated rings. The average molecular weight is 428 g/mol. The number of carbonyl (C=O) groups excluding carboxylic acids is 1. The number of aromatic nitrogens is 2. The van der Waals surface area contributed by atoms with Crippen LogP contribution in [0.5, 0.6) is 17.2 Å². The third-order valence-electron chi connectivity index (χ3n) is 4.40.